The highest BCUT2D eigenvalue weighted by Gasteiger charge is 2.30. The molecule has 1 aromatic heterocycles. The number of ether oxygens (including phenoxy) is 2. The van der Waals surface area contributed by atoms with Gasteiger partial charge in [-0.3, -0.25) is 4.79 Å². The summed E-state index contributed by atoms with van der Waals surface area (Å²) in [6, 6.07) is 13.5. The Labute approximate surface area is 176 Å². The van der Waals surface area contributed by atoms with Gasteiger partial charge in [0.1, 0.15) is 5.82 Å². The van der Waals surface area contributed by atoms with Crippen LogP contribution in [0.15, 0.2) is 46.9 Å². The van der Waals surface area contributed by atoms with Crippen molar-refractivity contribution in [2.24, 2.45) is 0 Å². The van der Waals surface area contributed by atoms with Crippen LogP contribution < -0.4 is 5.73 Å². The third-order valence-electron chi connectivity index (χ3n) is 5.62. The fourth-order valence-corrected chi connectivity index (χ4v) is 4.34. The number of hydrogen-bond donors (Lipinski definition) is 1. The van der Waals surface area contributed by atoms with E-state index in [1.807, 2.05) is 47.4 Å². The predicted molar refractivity (Wildman–Crippen MR) is 113 cm³/mol. The fraction of sp³-hybridized carbons (Fsp3) is 0.273. The van der Waals surface area contributed by atoms with Crippen LogP contribution in [-0.2, 0) is 22.7 Å². The number of nitrogen functional groups attached to an aromatic ring is 1. The smallest absolute Gasteiger partial charge is 0.254 e. The highest BCUT2D eigenvalue weighted by atomic mass is 79.9. The molecule has 3 aromatic rings. The largest absolute Gasteiger partial charge is 0.383 e. The Morgan fingerprint density at radius 1 is 1.10 bits per heavy atom. The van der Waals surface area contributed by atoms with Crippen LogP contribution in [-0.4, -0.2) is 35.5 Å². The van der Waals surface area contributed by atoms with Gasteiger partial charge < -0.3 is 20.1 Å². The number of nitrogens with two attached hydrogens (primary N) is 1. The molecule has 0 radical (unpaired) electrons. The Morgan fingerprint density at radius 2 is 1.90 bits per heavy atom. The lowest BCUT2D eigenvalue weighted by atomic mass is 10.0. The number of fused-ring (bicyclic) bond motifs is 3. The Morgan fingerprint density at radius 3 is 2.72 bits per heavy atom. The van der Waals surface area contributed by atoms with E-state index in [1.165, 1.54) is 0 Å². The normalized spacial score (nSPS) is 18.8. The first kappa shape index (κ1) is 18.5. The maximum atomic E-state index is 13.4. The molecule has 1 atom stereocenters. The van der Waals surface area contributed by atoms with Gasteiger partial charge in [0.15, 0.2) is 0 Å². The third-order valence-corrected chi connectivity index (χ3v) is 6.15. The number of hydrogen-bond acceptors (Lipinski definition) is 5. The molecule has 2 aromatic carbocycles. The topological polar surface area (TPSA) is 77.7 Å². The molecule has 2 N–H and O–H groups in total. The standard InChI is InChI=1S/C22H20BrN3O3/c23-15-4-1-13(2-5-15)20-12-28-8-7-26(20)22(27)14-3-6-19-16(9-14)17-10-29-11-18(17)21(24)25-19/h1-6,9,20H,7-8,10-12H2,(H2,24,25)/t20-/m1/s1. The van der Waals surface area contributed by atoms with E-state index < -0.39 is 0 Å². The lowest BCUT2D eigenvalue weighted by Gasteiger charge is -2.36. The molecule has 0 bridgehead atoms. The van der Waals surface area contributed by atoms with E-state index in [-0.39, 0.29) is 11.9 Å². The van der Waals surface area contributed by atoms with E-state index in [0.29, 0.717) is 44.4 Å². The summed E-state index contributed by atoms with van der Waals surface area (Å²) in [6.07, 6.45) is 0. The summed E-state index contributed by atoms with van der Waals surface area (Å²) in [4.78, 5) is 19.8. The van der Waals surface area contributed by atoms with Gasteiger partial charge >= 0.3 is 0 Å². The van der Waals surface area contributed by atoms with Crippen LogP contribution in [0.1, 0.15) is 33.1 Å². The van der Waals surface area contributed by atoms with E-state index in [4.69, 9.17) is 15.2 Å². The van der Waals surface area contributed by atoms with Gasteiger partial charge in [0.05, 0.1) is 38.0 Å². The number of benzene rings is 2. The van der Waals surface area contributed by atoms with Crippen LogP contribution in [0.4, 0.5) is 5.82 Å². The number of carbonyl (C=O) groups excluding carboxylic acids is 1. The molecule has 0 aliphatic carbocycles. The quantitative estimate of drug-likeness (QED) is 0.637. The number of nitrogens with zero attached hydrogens (tertiary/aromatic N) is 2. The summed E-state index contributed by atoms with van der Waals surface area (Å²) in [5.74, 6) is 0.500. The molecular formula is C22H20BrN3O3. The molecule has 1 fully saturated rings. The minimum atomic E-state index is -0.112. The van der Waals surface area contributed by atoms with Crippen LogP contribution in [0.2, 0.25) is 0 Å². The number of halogens is 1. The molecule has 1 amide bonds. The maximum Gasteiger partial charge on any atom is 0.254 e. The van der Waals surface area contributed by atoms with Crippen LogP contribution >= 0.6 is 15.9 Å². The number of aromatic nitrogens is 1. The van der Waals surface area contributed by atoms with E-state index >= 15 is 0 Å². The van der Waals surface area contributed by atoms with E-state index in [2.05, 4.69) is 20.9 Å². The number of anilines is 1. The van der Waals surface area contributed by atoms with Gasteiger partial charge in [-0.15, -0.1) is 0 Å². The number of morpholine rings is 1. The summed E-state index contributed by atoms with van der Waals surface area (Å²) in [6.45, 7) is 2.54. The zero-order valence-electron chi connectivity index (χ0n) is 15.7. The molecule has 7 heteroatoms. The molecule has 148 valence electrons. The molecule has 1 saturated heterocycles. The highest BCUT2D eigenvalue weighted by molar-refractivity contribution is 9.10. The number of pyridine rings is 1. The average molecular weight is 454 g/mol. The maximum absolute atomic E-state index is 13.4. The molecule has 3 heterocycles. The summed E-state index contributed by atoms with van der Waals surface area (Å²) >= 11 is 3.47. The van der Waals surface area contributed by atoms with Crippen molar-refractivity contribution < 1.29 is 14.3 Å². The Bertz CT molecular complexity index is 1100. The van der Waals surface area contributed by atoms with Gasteiger partial charge in [-0.1, -0.05) is 28.1 Å². The molecule has 2 aliphatic rings. The van der Waals surface area contributed by atoms with Crippen molar-refractivity contribution in [3.63, 3.8) is 0 Å². The van der Waals surface area contributed by atoms with Gasteiger partial charge in [-0.05, 0) is 41.5 Å². The molecule has 2 aliphatic heterocycles. The number of carbonyl (C=O) groups is 1. The fourth-order valence-electron chi connectivity index (χ4n) is 4.08. The monoisotopic (exact) mass is 453 g/mol. The van der Waals surface area contributed by atoms with E-state index in [1.54, 1.807) is 0 Å². The summed E-state index contributed by atoms with van der Waals surface area (Å²) in [7, 11) is 0. The third kappa shape index (κ3) is 3.29. The Balaban J connectivity index is 1.52. The zero-order valence-corrected chi connectivity index (χ0v) is 17.3. The molecular weight excluding hydrogens is 434 g/mol. The SMILES string of the molecule is Nc1nc2ccc(C(=O)N3CCOC[C@@H]3c3ccc(Br)cc3)cc2c2c1COC2. The molecule has 5 rings (SSSR count). The van der Waals surface area contributed by atoms with Crippen molar-refractivity contribution in [2.75, 3.05) is 25.5 Å². The highest BCUT2D eigenvalue weighted by Crippen LogP contribution is 2.33. The number of amides is 1. The first-order valence-corrected chi connectivity index (χ1v) is 10.3. The molecule has 0 unspecified atom stereocenters. The van der Waals surface area contributed by atoms with Crippen molar-refractivity contribution in [1.82, 2.24) is 9.88 Å². The van der Waals surface area contributed by atoms with Crippen molar-refractivity contribution >= 4 is 38.6 Å². The van der Waals surface area contributed by atoms with Crippen LogP contribution in [0.5, 0.6) is 0 Å². The first-order chi connectivity index (χ1) is 14.1. The van der Waals surface area contributed by atoms with Crippen LogP contribution in [0.3, 0.4) is 0 Å². The molecule has 0 spiro atoms. The van der Waals surface area contributed by atoms with Gasteiger partial charge in [0.25, 0.3) is 5.91 Å². The van der Waals surface area contributed by atoms with Crippen LogP contribution in [0, 0.1) is 0 Å². The predicted octanol–water partition coefficient (Wildman–Crippen LogP) is 3.82. The van der Waals surface area contributed by atoms with E-state index in [0.717, 1.165) is 32.1 Å². The summed E-state index contributed by atoms with van der Waals surface area (Å²) in [5, 5.41) is 0.936. The van der Waals surface area contributed by atoms with Gasteiger partial charge in [-0.2, -0.15) is 0 Å². The summed E-state index contributed by atoms with van der Waals surface area (Å²) < 4.78 is 12.3. The van der Waals surface area contributed by atoms with Crippen molar-refractivity contribution in [3.05, 3.63) is 69.2 Å². The second-order valence-electron chi connectivity index (χ2n) is 7.32. The van der Waals surface area contributed by atoms with Crippen molar-refractivity contribution in [2.45, 2.75) is 19.3 Å². The lowest BCUT2D eigenvalue weighted by molar-refractivity contribution is -0.00269. The molecule has 6 nitrogen and oxygen atoms in total. The van der Waals surface area contributed by atoms with Crippen LogP contribution in [0.25, 0.3) is 10.9 Å². The van der Waals surface area contributed by atoms with E-state index in [9.17, 15) is 4.79 Å². The van der Waals surface area contributed by atoms with Crippen molar-refractivity contribution in [1.29, 1.82) is 0 Å². The molecule has 29 heavy (non-hydrogen) atoms. The lowest BCUT2D eigenvalue weighted by Crippen LogP contribution is -2.43. The summed E-state index contributed by atoms with van der Waals surface area (Å²) in [5.41, 5.74) is 10.5. The van der Waals surface area contributed by atoms with Gasteiger partial charge in [-0.25, -0.2) is 4.98 Å². The minimum Gasteiger partial charge on any atom is -0.383 e. The first-order valence-electron chi connectivity index (χ1n) is 9.55. The Hall–Kier alpha value is -2.48. The van der Waals surface area contributed by atoms with Gasteiger partial charge in [0.2, 0.25) is 0 Å². The van der Waals surface area contributed by atoms with Crippen molar-refractivity contribution in [3.8, 4) is 0 Å². The second-order valence-corrected chi connectivity index (χ2v) is 8.24. The average Bonchev–Trinajstić information content (AvgIpc) is 3.25. The van der Waals surface area contributed by atoms with Gasteiger partial charge in [0, 0.05) is 27.5 Å². The Kier molecular flexibility index (Phi) is 4.73. The number of rotatable bonds is 2. The molecule has 0 saturated carbocycles. The second kappa shape index (κ2) is 7.40. The zero-order chi connectivity index (χ0) is 20.0. The minimum absolute atomic E-state index is 0.00684.